The first-order valence-electron chi connectivity index (χ1n) is 8.65. The fourth-order valence-corrected chi connectivity index (χ4v) is 2.37. The van der Waals surface area contributed by atoms with Gasteiger partial charge in [-0.3, -0.25) is 4.99 Å². The molecule has 0 spiro atoms. The molecule has 1 aromatic heterocycles. The van der Waals surface area contributed by atoms with Crippen LogP contribution in [-0.4, -0.2) is 48.4 Å². The number of hydrogen-bond acceptors (Lipinski definition) is 5. The average molecular weight is 323 g/mol. The van der Waals surface area contributed by atoms with E-state index in [-0.39, 0.29) is 6.10 Å². The van der Waals surface area contributed by atoms with Gasteiger partial charge < -0.3 is 19.9 Å². The van der Waals surface area contributed by atoms with Crippen LogP contribution in [0, 0.1) is 0 Å². The van der Waals surface area contributed by atoms with Gasteiger partial charge in [0.15, 0.2) is 11.8 Å². The average Bonchev–Trinajstić information content (AvgIpc) is 3.20. The van der Waals surface area contributed by atoms with Crippen LogP contribution in [0.2, 0.25) is 0 Å². The molecule has 0 aliphatic carbocycles. The molecule has 2 rings (SSSR count). The Morgan fingerprint density at radius 3 is 2.91 bits per heavy atom. The van der Waals surface area contributed by atoms with E-state index in [9.17, 15) is 0 Å². The van der Waals surface area contributed by atoms with Gasteiger partial charge in [-0.15, -0.1) is 0 Å². The second-order valence-corrected chi connectivity index (χ2v) is 6.09. The molecule has 0 amide bonds. The lowest BCUT2D eigenvalue weighted by Crippen LogP contribution is -2.38. The van der Waals surface area contributed by atoms with E-state index >= 15 is 0 Å². The number of aryl methyl sites for hydroxylation is 1. The standard InChI is InChI=1S/C16H29N5O2/c1-4-17-16(19-11-13-7-6-10-22-13)18-9-5-8-14-20-15(12(2)3)21-23-14/h12-13H,4-11H2,1-3H3,(H2,17,18,19). The van der Waals surface area contributed by atoms with Crippen LogP contribution < -0.4 is 10.6 Å². The van der Waals surface area contributed by atoms with Crippen molar-refractivity contribution >= 4 is 5.96 Å². The molecule has 1 unspecified atom stereocenters. The Hall–Kier alpha value is -1.63. The number of guanidine groups is 1. The van der Waals surface area contributed by atoms with Crippen molar-refractivity contribution in [1.29, 1.82) is 0 Å². The highest BCUT2D eigenvalue weighted by Gasteiger charge is 2.15. The third-order valence-corrected chi connectivity index (χ3v) is 3.68. The van der Waals surface area contributed by atoms with E-state index in [4.69, 9.17) is 9.26 Å². The van der Waals surface area contributed by atoms with Crippen LogP contribution in [0.25, 0.3) is 0 Å². The minimum absolute atomic E-state index is 0.276. The topological polar surface area (TPSA) is 84.6 Å². The van der Waals surface area contributed by atoms with E-state index < -0.39 is 0 Å². The van der Waals surface area contributed by atoms with Gasteiger partial charge in [-0.25, -0.2) is 0 Å². The van der Waals surface area contributed by atoms with Crippen LogP contribution in [0.5, 0.6) is 0 Å². The van der Waals surface area contributed by atoms with E-state index in [1.807, 2.05) is 0 Å². The van der Waals surface area contributed by atoms with Crippen molar-refractivity contribution in [2.75, 3.05) is 26.2 Å². The molecule has 7 heteroatoms. The van der Waals surface area contributed by atoms with Gasteiger partial charge in [0.1, 0.15) is 0 Å². The van der Waals surface area contributed by atoms with Gasteiger partial charge in [0.05, 0.1) is 12.6 Å². The van der Waals surface area contributed by atoms with Crippen LogP contribution in [-0.2, 0) is 11.2 Å². The predicted octanol–water partition coefficient (Wildman–Crippen LogP) is 1.86. The lowest BCUT2D eigenvalue weighted by atomic mass is 10.2. The van der Waals surface area contributed by atoms with Crippen molar-refractivity contribution in [3.8, 4) is 0 Å². The quantitative estimate of drug-likeness (QED) is 0.431. The summed E-state index contributed by atoms with van der Waals surface area (Å²) in [7, 11) is 0. The van der Waals surface area contributed by atoms with Crippen molar-refractivity contribution in [2.45, 2.75) is 58.5 Å². The molecule has 0 saturated carbocycles. The van der Waals surface area contributed by atoms with Crippen molar-refractivity contribution in [1.82, 2.24) is 20.8 Å². The number of nitrogens with zero attached hydrogens (tertiary/aromatic N) is 3. The summed E-state index contributed by atoms with van der Waals surface area (Å²) in [4.78, 5) is 8.97. The lowest BCUT2D eigenvalue weighted by Gasteiger charge is -2.12. The maximum Gasteiger partial charge on any atom is 0.226 e. The van der Waals surface area contributed by atoms with Crippen LogP contribution >= 0.6 is 0 Å². The first-order valence-corrected chi connectivity index (χ1v) is 8.65. The maximum atomic E-state index is 5.60. The molecule has 1 fully saturated rings. The summed E-state index contributed by atoms with van der Waals surface area (Å²) >= 11 is 0. The molecule has 0 radical (unpaired) electrons. The number of ether oxygens (including phenoxy) is 1. The van der Waals surface area contributed by atoms with Gasteiger partial charge in [0.2, 0.25) is 5.89 Å². The predicted molar refractivity (Wildman–Crippen MR) is 89.7 cm³/mol. The van der Waals surface area contributed by atoms with Crippen molar-refractivity contribution < 1.29 is 9.26 Å². The first-order chi connectivity index (χ1) is 11.2. The molecule has 0 bridgehead atoms. The van der Waals surface area contributed by atoms with E-state index in [0.29, 0.717) is 11.8 Å². The number of nitrogens with one attached hydrogen (secondary N) is 2. The minimum Gasteiger partial charge on any atom is -0.376 e. The molecule has 0 aromatic carbocycles. The first kappa shape index (κ1) is 17.7. The van der Waals surface area contributed by atoms with Crippen molar-refractivity contribution in [2.24, 2.45) is 4.99 Å². The Labute approximate surface area is 138 Å². The van der Waals surface area contributed by atoms with E-state index in [1.54, 1.807) is 0 Å². The monoisotopic (exact) mass is 323 g/mol. The summed E-state index contributed by atoms with van der Waals surface area (Å²) in [6.45, 7) is 9.43. The van der Waals surface area contributed by atoms with E-state index in [2.05, 4.69) is 46.5 Å². The molecule has 1 aliphatic rings. The molecule has 1 atom stereocenters. The number of rotatable bonds is 8. The van der Waals surface area contributed by atoms with Gasteiger partial charge in [0, 0.05) is 32.0 Å². The van der Waals surface area contributed by atoms with Crippen molar-refractivity contribution in [3.63, 3.8) is 0 Å². The lowest BCUT2D eigenvalue weighted by molar-refractivity contribution is 0.117. The second-order valence-electron chi connectivity index (χ2n) is 6.09. The Morgan fingerprint density at radius 1 is 1.39 bits per heavy atom. The smallest absolute Gasteiger partial charge is 0.226 e. The van der Waals surface area contributed by atoms with Crippen molar-refractivity contribution in [3.05, 3.63) is 11.7 Å². The molecule has 7 nitrogen and oxygen atoms in total. The largest absolute Gasteiger partial charge is 0.376 e. The van der Waals surface area contributed by atoms with Crippen LogP contribution in [0.3, 0.4) is 0 Å². The van der Waals surface area contributed by atoms with E-state index in [0.717, 1.165) is 63.7 Å². The number of hydrogen-bond donors (Lipinski definition) is 2. The van der Waals surface area contributed by atoms with E-state index in [1.165, 1.54) is 0 Å². The zero-order valence-electron chi connectivity index (χ0n) is 14.5. The summed E-state index contributed by atoms with van der Waals surface area (Å²) in [6.07, 6.45) is 4.23. The normalized spacial score (nSPS) is 18.6. The number of aliphatic imine (C=N–C) groups is 1. The van der Waals surface area contributed by atoms with Crippen LogP contribution in [0.15, 0.2) is 9.52 Å². The maximum absolute atomic E-state index is 5.60. The highest BCUT2D eigenvalue weighted by atomic mass is 16.5. The molecular formula is C16H29N5O2. The SMILES string of the molecule is CCNC(=NCC1CCCO1)NCCCc1nc(C(C)C)no1. The van der Waals surface area contributed by atoms with Crippen LogP contribution in [0.4, 0.5) is 0 Å². The minimum atomic E-state index is 0.276. The van der Waals surface area contributed by atoms with Crippen LogP contribution in [0.1, 0.15) is 57.7 Å². The zero-order valence-corrected chi connectivity index (χ0v) is 14.5. The van der Waals surface area contributed by atoms with Gasteiger partial charge in [0.25, 0.3) is 0 Å². The molecule has 130 valence electrons. The highest BCUT2D eigenvalue weighted by Crippen LogP contribution is 2.12. The summed E-state index contributed by atoms with van der Waals surface area (Å²) < 4.78 is 10.8. The fraction of sp³-hybridized carbons (Fsp3) is 0.812. The Kier molecular flexibility index (Phi) is 7.32. The molecular weight excluding hydrogens is 294 g/mol. The summed E-state index contributed by atoms with van der Waals surface area (Å²) in [5, 5.41) is 10.6. The molecule has 1 aliphatic heterocycles. The Morgan fingerprint density at radius 2 is 2.26 bits per heavy atom. The Bertz CT molecular complexity index is 481. The number of aromatic nitrogens is 2. The third kappa shape index (κ3) is 6.17. The van der Waals surface area contributed by atoms with Gasteiger partial charge >= 0.3 is 0 Å². The summed E-state index contributed by atoms with van der Waals surface area (Å²) in [5.74, 6) is 2.63. The molecule has 1 saturated heterocycles. The van der Waals surface area contributed by atoms with Gasteiger partial charge in [-0.1, -0.05) is 19.0 Å². The summed E-state index contributed by atoms with van der Waals surface area (Å²) in [6, 6.07) is 0. The molecule has 2 heterocycles. The molecule has 1 aromatic rings. The Balaban J connectivity index is 1.69. The molecule has 23 heavy (non-hydrogen) atoms. The summed E-state index contributed by atoms with van der Waals surface area (Å²) in [5.41, 5.74) is 0. The fourth-order valence-electron chi connectivity index (χ4n) is 2.37. The zero-order chi connectivity index (χ0) is 16.5. The van der Waals surface area contributed by atoms with Gasteiger partial charge in [-0.2, -0.15) is 4.98 Å². The second kappa shape index (κ2) is 9.50. The highest BCUT2D eigenvalue weighted by molar-refractivity contribution is 5.79. The molecule has 2 N–H and O–H groups in total. The third-order valence-electron chi connectivity index (χ3n) is 3.68. The van der Waals surface area contributed by atoms with Gasteiger partial charge in [-0.05, 0) is 26.2 Å².